The molecule has 0 aliphatic heterocycles. The minimum absolute atomic E-state index is 0.211. The summed E-state index contributed by atoms with van der Waals surface area (Å²) in [5, 5.41) is 0. The number of hydrogen-bond acceptors (Lipinski definition) is 6. The topological polar surface area (TPSA) is 98.9 Å². The number of carbonyl (C=O) groups is 3. The average molecular weight is 583 g/mol. The van der Waals surface area contributed by atoms with E-state index < -0.39 is 23.7 Å². The van der Waals surface area contributed by atoms with E-state index in [-0.39, 0.29) is 12.3 Å². The summed E-state index contributed by atoms with van der Waals surface area (Å²) in [4.78, 5) is 39.6. The maximum Gasteiger partial charge on any atom is 0.417 e. The quantitative estimate of drug-likeness (QED) is 0.0806. The van der Waals surface area contributed by atoms with Crippen molar-refractivity contribution in [2.75, 3.05) is 13.7 Å². The van der Waals surface area contributed by atoms with Crippen LogP contribution < -0.4 is 5.73 Å². The van der Waals surface area contributed by atoms with Gasteiger partial charge in [0.15, 0.2) is 0 Å². The fraction of sp³-hybridized carbons (Fsp3) is 0.912. The molecule has 0 aliphatic rings. The Hall–Kier alpha value is -1.63. The molecule has 0 saturated heterocycles. The molecule has 0 radical (unpaired) electrons. The predicted octanol–water partition coefficient (Wildman–Crippen LogP) is 9.24. The summed E-state index contributed by atoms with van der Waals surface area (Å²) in [6, 6.07) is -0.991. The van der Waals surface area contributed by atoms with Crippen molar-refractivity contribution in [3.63, 3.8) is 0 Å². The molecule has 0 fully saturated rings. The highest BCUT2D eigenvalue weighted by Crippen LogP contribution is 2.20. The molecule has 7 heteroatoms. The van der Waals surface area contributed by atoms with Crippen molar-refractivity contribution >= 4 is 18.0 Å². The van der Waals surface area contributed by atoms with Gasteiger partial charge in [-0.05, 0) is 53.0 Å². The number of imide groups is 1. The van der Waals surface area contributed by atoms with E-state index in [1.807, 2.05) is 0 Å². The van der Waals surface area contributed by atoms with Gasteiger partial charge in [0.2, 0.25) is 5.91 Å². The number of nitrogens with zero attached hydrogens (tertiary/aromatic N) is 1. The van der Waals surface area contributed by atoms with Crippen molar-refractivity contribution in [1.29, 1.82) is 0 Å². The monoisotopic (exact) mass is 582 g/mol. The van der Waals surface area contributed by atoms with Crippen molar-refractivity contribution in [1.82, 2.24) is 4.90 Å². The van der Waals surface area contributed by atoms with E-state index in [9.17, 15) is 14.4 Å². The molecule has 0 rings (SSSR count). The number of esters is 1. The molecule has 0 unspecified atom stereocenters. The van der Waals surface area contributed by atoms with Gasteiger partial charge < -0.3 is 15.2 Å². The number of hydrogen-bond donors (Lipinski definition) is 1. The Balaban J connectivity index is 4.17. The zero-order valence-electron chi connectivity index (χ0n) is 27.6. The van der Waals surface area contributed by atoms with Crippen LogP contribution in [0.3, 0.4) is 0 Å². The van der Waals surface area contributed by atoms with Crippen LogP contribution in [0.4, 0.5) is 4.79 Å². The lowest BCUT2D eigenvalue weighted by Gasteiger charge is -2.31. The Morgan fingerprint density at radius 1 is 0.659 bits per heavy atom. The summed E-state index contributed by atoms with van der Waals surface area (Å²) in [6.45, 7) is 7.98. The SMILES string of the molecule is CCCCCCCCCCCCCCCCCCCCCC(=O)N(C(=O)OC(C)(C)C)[C@@H](CCCCN)C(=O)OC. The van der Waals surface area contributed by atoms with E-state index >= 15 is 0 Å². The van der Waals surface area contributed by atoms with Crippen LogP contribution in [-0.2, 0) is 19.1 Å². The molecule has 41 heavy (non-hydrogen) atoms. The third kappa shape index (κ3) is 22.6. The minimum Gasteiger partial charge on any atom is -0.467 e. The van der Waals surface area contributed by atoms with Gasteiger partial charge in [0.25, 0.3) is 0 Å². The van der Waals surface area contributed by atoms with Gasteiger partial charge in [-0.3, -0.25) is 4.79 Å². The average Bonchev–Trinajstić information content (AvgIpc) is 2.92. The molecular formula is C34H66N2O5. The smallest absolute Gasteiger partial charge is 0.417 e. The summed E-state index contributed by atoms with van der Waals surface area (Å²) in [6.07, 6.45) is 25.5. The molecular weight excluding hydrogens is 516 g/mol. The molecule has 7 nitrogen and oxygen atoms in total. The molecule has 1 atom stereocenters. The Labute approximate surface area is 253 Å². The third-order valence-electron chi connectivity index (χ3n) is 7.57. The number of methoxy groups -OCH3 is 1. The van der Waals surface area contributed by atoms with Gasteiger partial charge in [-0.1, -0.05) is 122 Å². The summed E-state index contributed by atoms with van der Waals surface area (Å²) < 4.78 is 10.4. The number of amides is 2. The number of nitrogens with two attached hydrogens (primary N) is 1. The molecule has 0 heterocycles. The van der Waals surface area contributed by atoms with Crippen LogP contribution in [0.1, 0.15) is 175 Å². The second kappa shape index (κ2) is 26.0. The standard InChI is InChI=1S/C34H66N2O5/c1-6-7-8-9-10-11-12-13-14-15-16-17-18-19-20-21-22-23-24-28-31(37)36(33(39)41-34(2,3)4)30(32(38)40-5)27-25-26-29-35/h30H,6-29,35H2,1-5H3/t30-/m0/s1. The van der Waals surface area contributed by atoms with Crippen molar-refractivity contribution in [3.05, 3.63) is 0 Å². The van der Waals surface area contributed by atoms with Crippen molar-refractivity contribution in [2.45, 2.75) is 187 Å². The van der Waals surface area contributed by atoms with Gasteiger partial charge in [-0.25, -0.2) is 14.5 Å². The second-order valence-electron chi connectivity index (χ2n) is 12.7. The largest absolute Gasteiger partial charge is 0.467 e. The lowest BCUT2D eigenvalue weighted by Crippen LogP contribution is -2.50. The molecule has 0 spiro atoms. The zero-order chi connectivity index (χ0) is 30.8. The number of unbranched alkanes of at least 4 members (excludes halogenated alkanes) is 19. The molecule has 0 aromatic carbocycles. The van der Waals surface area contributed by atoms with E-state index in [1.54, 1.807) is 20.8 Å². The van der Waals surface area contributed by atoms with Gasteiger partial charge in [0.1, 0.15) is 11.6 Å². The molecule has 0 aromatic rings. The summed E-state index contributed by atoms with van der Waals surface area (Å²) >= 11 is 0. The highest BCUT2D eigenvalue weighted by Gasteiger charge is 2.37. The lowest BCUT2D eigenvalue weighted by molar-refractivity contribution is -0.152. The molecule has 0 aromatic heterocycles. The first-order valence-electron chi connectivity index (χ1n) is 17.0. The van der Waals surface area contributed by atoms with E-state index in [4.69, 9.17) is 15.2 Å². The molecule has 242 valence electrons. The van der Waals surface area contributed by atoms with Crippen LogP contribution in [0.15, 0.2) is 0 Å². The maximum absolute atomic E-state index is 13.1. The van der Waals surface area contributed by atoms with Crippen LogP contribution in [-0.4, -0.2) is 48.2 Å². The van der Waals surface area contributed by atoms with Crippen molar-refractivity contribution < 1.29 is 23.9 Å². The van der Waals surface area contributed by atoms with Crippen LogP contribution in [0, 0.1) is 0 Å². The number of ether oxygens (including phenoxy) is 2. The van der Waals surface area contributed by atoms with Crippen molar-refractivity contribution in [2.24, 2.45) is 5.73 Å². The zero-order valence-corrected chi connectivity index (χ0v) is 27.6. The molecule has 0 saturated carbocycles. The fourth-order valence-electron chi connectivity index (χ4n) is 5.16. The number of rotatable bonds is 26. The van der Waals surface area contributed by atoms with Gasteiger partial charge in [-0.2, -0.15) is 0 Å². The van der Waals surface area contributed by atoms with Gasteiger partial charge in [0.05, 0.1) is 7.11 Å². The van der Waals surface area contributed by atoms with E-state index in [1.165, 1.54) is 110 Å². The highest BCUT2D eigenvalue weighted by atomic mass is 16.6. The van der Waals surface area contributed by atoms with E-state index in [0.717, 1.165) is 17.7 Å². The van der Waals surface area contributed by atoms with Crippen LogP contribution in [0.5, 0.6) is 0 Å². The van der Waals surface area contributed by atoms with Crippen LogP contribution in [0.25, 0.3) is 0 Å². The molecule has 2 N–H and O–H groups in total. The minimum atomic E-state index is -0.991. The first kappa shape index (κ1) is 39.4. The fourth-order valence-corrected chi connectivity index (χ4v) is 5.16. The molecule has 2 amide bonds. The first-order valence-corrected chi connectivity index (χ1v) is 17.0. The van der Waals surface area contributed by atoms with E-state index in [2.05, 4.69) is 6.92 Å². The summed E-state index contributed by atoms with van der Waals surface area (Å²) in [5.74, 6) is -0.983. The normalized spacial score (nSPS) is 12.2. The maximum atomic E-state index is 13.1. The highest BCUT2D eigenvalue weighted by molar-refractivity contribution is 5.96. The summed E-state index contributed by atoms with van der Waals surface area (Å²) in [5.41, 5.74) is 4.82. The number of carbonyl (C=O) groups excluding carboxylic acids is 3. The summed E-state index contributed by atoms with van der Waals surface area (Å²) in [7, 11) is 1.27. The second-order valence-corrected chi connectivity index (χ2v) is 12.7. The lowest BCUT2D eigenvalue weighted by atomic mass is 10.0. The predicted molar refractivity (Wildman–Crippen MR) is 170 cm³/mol. The third-order valence-corrected chi connectivity index (χ3v) is 7.57. The Morgan fingerprint density at radius 2 is 1.07 bits per heavy atom. The van der Waals surface area contributed by atoms with Gasteiger partial charge in [-0.15, -0.1) is 0 Å². The van der Waals surface area contributed by atoms with Gasteiger partial charge >= 0.3 is 12.1 Å². The Kier molecular flexibility index (Phi) is 25.0. The first-order chi connectivity index (χ1) is 19.7. The Bertz CT molecular complexity index is 662. The molecule has 0 aliphatic carbocycles. The Morgan fingerprint density at radius 3 is 1.44 bits per heavy atom. The van der Waals surface area contributed by atoms with Crippen LogP contribution in [0.2, 0.25) is 0 Å². The van der Waals surface area contributed by atoms with Gasteiger partial charge in [0, 0.05) is 6.42 Å². The molecule has 0 bridgehead atoms. The van der Waals surface area contributed by atoms with E-state index in [0.29, 0.717) is 32.2 Å². The van der Waals surface area contributed by atoms with Crippen LogP contribution >= 0.6 is 0 Å². The van der Waals surface area contributed by atoms with Crippen molar-refractivity contribution in [3.8, 4) is 0 Å².